The Bertz CT molecular complexity index is 1030. The van der Waals surface area contributed by atoms with Crippen LogP contribution in [-0.4, -0.2) is 33.4 Å². The first kappa shape index (κ1) is 22.9. The first-order valence-corrected chi connectivity index (χ1v) is 12.8. The van der Waals surface area contributed by atoms with E-state index in [1.165, 1.54) is 23.5 Å². The van der Waals surface area contributed by atoms with Crippen LogP contribution in [0.3, 0.4) is 0 Å². The highest BCUT2D eigenvalue weighted by atomic mass is 79.9. The van der Waals surface area contributed by atoms with E-state index in [1.54, 1.807) is 19.1 Å². The molecule has 2 N–H and O–H groups in total. The SMILES string of the molecule is CCOC(=O)c1c(NC(=O)CCNS(=O)(=O)c2ccc(Br)cc2)sc2c1CCCC2. The number of sulfonamides is 1. The highest BCUT2D eigenvalue weighted by molar-refractivity contribution is 9.10. The summed E-state index contributed by atoms with van der Waals surface area (Å²) in [6.07, 6.45) is 3.68. The molecule has 1 aromatic carbocycles. The molecule has 0 saturated heterocycles. The molecule has 1 heterocycles. The van der Waals surface area contributed by atoms with Crippen LogP contribution < -0.4 is 10.0 Å². The van der Waals surface area contributed by atoms with Gasteiger partial charge in [-0.1, -0.05) is 15.9 Å². The molecule has 1 aromatic heterocycles. The molecule has 0 saturated carbocycles. The average Bonchev–Trinajstić information content (AvgIpc) is 3.06. The molecule has 3 rings (SSSR count). The first-order chi connectivity index (χ1) is 14.3. The summed E-state index contributed by atoms with van der Waals surface area (Å²) in [6.45, 7) is 1.95. The fraction of sp³-hybridized carbons (Fsp3) is 0.400. The van der Waals surface area contributed by atoms with E-state index in [9.17, 15) is 18.0 Å². The Balaban J connectivity index is 1.64. The topological polar surface area (TPSA) is 102 Å². The lowest BCUT2D eigenvalue weighted by Crippen LogP contribution is -2.28. The first-order valence-electron chi connectivity index (χ1n) is 9.68. The van der Waals surface area contributed by atoms with Crippen LogP contribution in [0, 0.1) is 0 Å². The van der Waals surface area contributed by atoms with E-state index in [2.05, 4.69) is 26.0 Å². The molecular weight excluding hydrogens is 492 g/mol. The summed E-state index contributed by atoms with van der Waals surface area (Å²) in [5, 5.41) is 3.27. The van der Waals surface area contributed by atoms with Gasteiger partial charge in [-0.3, -0.25) is 4.79 Å². The van der Waals surface area contributed by atoms with Crippen molar-refractivity contribution in [3.05, 3.63) is 44.7 Å². The minimum atomic E-state index is -3.70. The number of benzene rings is 1. The van der Waals surface area contributed by atoms with Crippen LogP contribution >= 0.6 is 27.3 Å². The number of ether oxygens (including phenoxy) is 1. The van der Waals surface area contributed by atoms with Crippen molar-refractivity contribution in [3.63, 3.8) is 0 Å². The van der Waals surface area contributed by atoms with Crippen molar-refractivity contribution in [2.45, 2.75) is 43.9 Å². The van der Waals surface area contributed by atoms with Crippen LogP contribution in [0.4, 0.5) is 5.00 Å². The molecule has 0 bridgehead atoms. The van der Waals surface area contributed by atoms with Crippen LogP contribution in [-0.2, 0) is 32.4 Å². The summed E-state index contributed by atoms with van der Waals surface area (Å²) in [7, 11) is -3.70. The third-order valence-corrected chi connectivity index (χ3v) is 7.88. The molecule has 0 spiro atoms. The van der Waals surface area contributed by atoms with Crippen molar-refractivity contribution in [1.29, 1.82) is 0 Å². The van der Waals surface area contributed by atoms with Crippen molar-refractivity contribution in [2.75, 3.05) is 18.5 Å². The minimum absolute atomic E-state index is 0.0515. The van der Waals surface area contributed by atoms with Gasteiger partial charge in [0.2, 0.25) is 15.9 Å². The number of hydrogen-bond donors (Lipinski definition) is 2. The Morgan fingerprint density at radius 1 is 1.17 bits per heavy atom. The molecule has 0 fully saturated rings. The lowest BCUT2D eigenvalue weighted by molar-refractivity contribution is -0.116. The fourth-order valence-electron chi connectivity index (χ4n) is 3.26. The Morgan fingerprint density at radius 3 is 2.57 bits per heavy atom. The summed E-state index contributed by atoms with van der Waals surface area (Å²) >= 11 is 4.67. The molecule has 0 unspecified atom stereocenters. The monoisotopic (exact) mass is 514 g/mol. The van der Waals surface area contributed by atoms with Crippen molar-refractivity contribution < 1.29 is 22.7 Å². The van der Waals surface area contributed by atoms with Crippen LogP contribution in [0.25, 0.3) is 0 Å². The third-order valence-electron chi connectivity index (χ3n) is 4.67. The van der Waals surface area contributed by atoms with Gasteiger partial charge in [-0.05, 0) is 62.4 Å². The maximum absolute atomic E-state index is 12.4. The molecule has 2 aromatic rings. The number of nitrogens with one attached hydrogen (secondary N) is 2. The molecule has 0 atom stereocenters. The largest absolute Gasteiger partial charge is 0.462 e. The van der Waals surface area contributed by atoms with Gasteiger partial charge in [-0.15, -0.1) is 11.3 Å². The summed E-state index contributed by atoms with van der Waals surface area (Å²) < 4.78 is 33.0. The lowest BCUT2D eigenvalue weighted by Gasteiger charge is -2.12. The van der Waals surface area contributed by atoms with E-state index in [1.807, 2.05) is 0 Å². The number of anilines is 1. The van der Waals surface area contributed by atoms with Gasteiger partial charge in [0.15, 0.2) is 0 Å². The smallest absolute Gasteiger partial charge is 0.341 e. The molecule has 162 valence electrons. The van der Waals surface area contributed by atoms with Gasteiger partial charge < -0.3 is 10.1 Å². The lowest BCUT2D eigenvalue weighted by atomic mass is 9.95. The van der Waals surface area contributed by atoms with Crippen molar-refractivity contribution >= 4 is 54.2 Å². The Morgan fingerprint density at radius 2 is 1.87 bits per heavy atom. The number of esters is 1. The van der Waals surface area contributed by atoms with Crippen LogP contribution in [0.15, 0.2) is 33.6 Å². The van der Waals surface area contributed by atoms with Gasteiger partial charge in [0.1, 0.15) is 5.00 Å². The Hall–Kier alpha value is -1.75. The quantitative estimate of drug-likeness (QED) is 0.520. The van der Waals surface area contributed by atoms with E-state index in [-0.39, 0.29) is 30.4 Å². The van der Waals surface area contributed by atoms with Crippen LogP contribution in [0.5, 0.6) is 0 Å². The number of amides is 1. The van der Waals surface area contributed by atoms with Gasteiger partial charge in [0.05, 0.1) is 17.1 Å². The Labute approximate surface area is 188 Å². The second kappa shape index (κ2) is 10.0. The summed E-state index contributed by atoms with van der Waals surface area (Å²) in [5.41, 5.74) is 1.41. The number of fused-ring (bicyclic) bond motifs is 1. The number of carbonyl (C=O) groups excluding carboxylic acids is 2. The normalized spacial score (nSPS) is 13.5. The molecule has 0 aliphatic heterocycles. The zero-order valence-corrected chi connectivity index (χ0v) is 19.7. The van der Waals surface area contributed by atoms with E-state index < -0.39 is 16.0 Å². The molecule has 7 nitrogen and oxygen atoms in total. The average molecular weight is 515 g/mol. The maximum Gasteiger partial charge on any atom is 0.341 e. The molecule has 30 heavy (non-hydrogen) atoms. The molecular formula is C20H23BrN2O5S2. The minimum Gasteiger partial charge on any atom is -0.462 e. The van der Waals surface area contributed by atoms with Gasteiger partial charge >= 0.3 is 5.97 Å². The van der Waals surface area contributed by atoms with Crippen molar-refractivity contribution in [3.8, 4) is 0 Å². The molecule has 1 aliphatic rings. The standard InChI is InChI=1S/C20H23BrN2O5S2/c1-2-28-20(25)18-15-5-3-4-6-16(15)29-19(18)23-17(24)11-12-22-30(26,27)14-9-7-13(21)8-10-14/h7-10,22H,2-6,11-12H2,1H3,(H,23,24). The van der Waals surface area contributed by atoms with E-state index in [4.69, 9.17) is 4.74 Å². The maximum atomic E-state index is 12.4. The zero-order valence-electron chi connectivity index (χ0n) is 16.5. The third kappa shape index (κ3) is 5.48. The predicted octanol–water partition coefficient (Wildman–Crippen LogP) is 3.87. The predicted molar refractivity (Wildman–Crippen MR) is 119 cm³/mol. The van der Waals surface area contributed by atoms with Crippen molar-refractivity contribution in [2.24, 2.45) is 0 Å². The Kier molecular flexibility index (Phi) is 7.67. The number of hydrogen-bond acceptors (Lipinski definition) is 6. The fourth-order valence-corrected chi connectivity index (χ4v) is 5.85. The molecule has 0 radical (unpaired) electrons. The number of halogens is 1. The summed E-state index contributed by atoms with van der Waals surface area (Å²) in [5.74, 6) is -0.791. The van der Waals surface area contributed by atoms with E-state index in [0.717, 1.165) is 40.6 Å². The summed E-state index contributed by atoms with van der Waals surface area (Å²) in [6, 6.07) is 6.23. The number of aryl methyl sites for hydroxylation is 1. The van der Waals surface area contributed by atoms with E-state index in [0.29, 0.717) is 10.6 Å². The second-order valence-corrected chi connectivity index (χ2v) is 10.6. The van der Waals surface area contributed by atoms with E-state index >= 15 is 0 Å². The molecule has 1 aliphatic carbocycles. The summed E-state index contributed by atoms with van der Waals surface area (Å²) in [4.78, 5) is 26.1. The van der Waals surface area contributed by atoms with Crippen LogP contribution in [0.1, 0.15) is 47.0 Å². The molecule has 10 heteroatoms. The molecule has 1 amide bonds. The number of carbonyl (C=O) groups is 2. The zero-order chi connectivity index (χ0) is 21.7. The van der Waals surface area contributed by atoms with Crippen molar-refractivity contribution in [1.82, 2.24) is 4.72 Å². The highest BCUT2D eigenvalue weighted by Crippen LogP contribution is 2.38. The van der Waals surface area contributed by atoms with Gasteiger partial charge in [0.25, 0.3) is 0 Å². The van der Waals surface area contributed by atoms with Gasteiger partial charge in [-0.2, -0.15) is 0 Å². The number of rotatable bonds is 8. The second-order valence-electron chi connectivity index (χ2n) is 6.79. The van der Waals surface area contributed by atoms with Crippen LogP contribution in [0.2, 0.25) is 0 Å². The van der Waals surface area contributed by atoms with Gasteiger partial charge in [0, 0.05) is 22.3 Å². The highest BCUT2D eigenvalue weighted by Gasteiger charge is 2.27. The van der Waals surface area contributed by atoms with Gasteiger partial charge in [-0.25, -0.2) is 17.9 Å². The number of thiophene rings is 1.